The van der Waals surface area contributed by atoms with Crippen LogP contribution in [0.2, 0.25) is 0 Å². The van der Waals surface area contributed by atoms with E-state index in [1.807, 2.05) is 12.1 Å². The number of anilines is 1. The number of benzene rings is 2. The van der Waals surface area contributed by atoms with Gasteiger partial charge in [-0.3, -0.25) is 9.59 Å². The molecule has 29 heavy (non-hydrogen) atoms. The Morgan fingerprint density at radius 3 is 2.41 bits per heavy atom. The molecule has 0 atom stereocenters. The average molecular weight is 406 g/mol. The summed E-state index contributed by atoms with van der Waals surface area (Å²) in [5, 5.41) is 5.64. The highest BCUT2D eigenvalue weighted by atomic mass is 19.4. The van der Waals surface area contributed by atoms with Gasteiger partial charge in [-0.1, -0.05) is 24.3 Å². The van der Waals surface area contributed by atoms with Crippen LogP contribution in [0.4, 0.5) is 18.9 Å². The number of ether oxygens (including phenoxy) is 1. The summed E-state index contributed by atoms with van der Waals surface area (Å²) in [7, 11) is 0. The van der Waals surface area contributed by atoms with Gasteiger partial charge in [-0.05, 0) is 48.2 Å². The van der Waals surface area contributed by atoms with Crippen LogP contribution < -0.4 is 10.6 Å². The summed E-state index contributed by atoms with van der Waals surface area (Å²) in [5.41, 5.74) is 2.47. The van der Waals surface area contributed by atoms with Gasteiger partial charge in [0.15, 0.2) is 0 Å². The molecule has 0 saturated heterocycles. The van der Waals surface area contributed by atoms with Crippen LogP contribution in [-0.2, 0) is 22.7 Å². The van der Waals surface area contributed by atoms with E-state index in [-0.39, 0.29) is 30.9 Å². The second kappa shape index (κ2) is 9.09. The van der Waals surface area contributed by atoms with Crippen molar-refractivity contribution in [1.82, 2.24) is 5.32 Å². The molecule has 0 radical (unpaired) electrons. The predicted octanol–water partition coefficient (Wildman–Crippen LogP) is 4.04. The molecule has 2 aromatic rings. The molecule has 2 N–H and O–H groups in total. The van der Waals surface area contributed by atoms with Gasteiger partial charge < -0.3 is 15.4 Å². The number of hydrogen-bond donors (Lipinski definition) is 2. The lowest BCUT2D eigenvalue weighted by Crippen LogP contribution is -2.23. The third kappa shape index (κ3) is 6.90. The summed E-state index contributed by atoms with van der Waals surface area (Å²) in [4.78, 5) is 24.1. The summed E-state index contributed by atoms with van der Waals surface area (Å²) in [6.07, 6.45) is -2.51. The lowest BCUT2D eigenvalue weighted by atomic mass is 10.1. The van der Waals surface area contributed by atoms with Crippen molar-refractivity contribution in [2.24, 2.45) is 5.92 Å². The Bertz CT molecular complexity index is 862. The van der Waals surface area contributed by atoms with E-state index in [2.05, 4.69) is 15.4 Å². The maximum atomic E-state index is 12.3. The smallest absolute Gasteiger partial charge is 0.367 e. The maximum Gasteiger partial charge on any atom is 0.411 e. The fourth-order valence-corrected chi connectivity index (χ4v) is 2.67. The van der Waals surface area contributed by atoms with Crippen LogP contribution in [0.1, 0.15) is 34.3 Å². The number of alkyl halides is 3. The Balaban J connectivity index is 1.48. The van der Waals surface area contributed by atoms with Gasteiger partial charge in [-0.15, -0.1) is 0 Å². The molecule has 0 heterocycles. The van der Waals surface area contributed by atoms with E-state index in [4.69, 9.17) is 0 Å². The minimum absolute atomic E-state index is 0.0190. The number of halogens is 3. The molecule has 1 fully saturated rings. The van der Waals surface area contributed by atoms with Crippen LogP contribution in [0, 0.1) is 5.92 Å². The molecule has 2 aromatic carbocycles. The molecule has 1 saturated carbocycles. The van der Waals surface area contributed by atoms with Crippen LogP contribution >= 0.6 is 0 Å². The first-order valence-corrected chi connectivity index (χ1v) is 9.21. The molecule has 154 valence electrons. The van der Waals surface area contributed by atoms with E-state index < -0.39 is 12.8 Å². The summed E-state index contributed by atoms with van der Waals surface area (Å²) in [5.74, 6) is -0.175. The van der Waals surface area contributed by atoms with Crippen LogP contribution in [-0.4, -0.2) is 24.6 Å². The molecule has 1 aliphatic carbocycles. The number of amides is 2. The maximum absolute atomic E-state index is 12.3. The number of carbonyl (C=O) groups is 2. The number of hydrogen-bond acceptors (Lipinski definition) is 3. The third-order valence-corrected chi connectivity index (χ3v) is 4.35. The zero-order valence-corrected chi connectivity index (χ0v) is 15.6. The van der Waals surface area contributed by atoms with Crippen LogP contribution in [0.5, 0.6) is 0 Å². The van der Waals surface area contributed by atoms with Crippen molar-refractivity contribution in [2.75, 3.05) is 11.9 Å². The van der Waals surface area contributed by atoms with Gasteiger partial charge in [0.25, 0.3) is 5.91 Å². The molecule has 8 heteroatoms. The van der Waals surface area contributed by atoms with Gasteiger partial charge in [0.1, 0.15) is 6.61 Å². The highest BCUT2D eigenvalue weighted by Crippen LogP contribution is 2.30. The molecule has 0 bridgehead atoms. The zero-order chi connectivity index (χ0) is 20.9. The van der Waals surface area contributed by atoms with E-state index in [9.17, 15) is 22.8 Å². The standard InChI is InChI=1S/C21H21F3N2O3/c22-21(23,24)13-29-12-14-4-6-16(7-5-14)19(27)25-11-15-2-1-3-18(10-15)26-20(28)17-8-9-17/h1-7,10,17H,8-9,11-13H2,(H,25,27)(H,26,28). The number of rotatable bonds is 8. The van der Waals surface area contributed by atoms with Gasteiger partial charge >= 0.3 is 6.18 Å². The summed E-state index contributed by atoms with van der Waals surface area (Å²) in [6.45, 7) is -1.21. The zero-order valence-electron chi connectivity index (χ0n) is 15.6. The monoisotopic (exact) mass is 406 g/mol. The molecule has 5 nitrogen and oxygen atoms in total. The first kappa shape index (κ1) is 20.9. The van der Waals surface area contributed by atoms with E-state index in [1.54, 1.807) is 24.3 Å². The fraction of sp³-hybridized carbons (Fsp3) is 0.333. The lowest BCUT2D eigenvalue weighted by Gasteiger charge is -2.10. The second-order valence-electron chi connectivity index (χ2n) is 6.95. The molecule has 0 aromatic heterocycles. The Hall–Kier alpha value is -2.87. The van der Waals surface area contributed by atoms with Crippen molar-refractivity contribution in [1.29, 1.82) is 0 Å². The lowest BCUT2D eigenvalue weighted by molar-refractivity contribution is -0.176. The number of nitrogens with one attached hydrogen (secondary N) is 2. The minimum atomic E-state index is -4.36. The van der Waals surface area contributed by atoms with Crippen molar-refractivity contribution >= 4 is 17.5 Å². The SMILES string of the molecule is O=C(NCc1cccc(NC(=O)C2CC2)c1)c1ccc(COCC(F)(F)F)cc1. The van der Waals surface area contributed by atoms with Crippen molar-refractivity contribution in [3.8, 4) is 0 Å². The average Bonchev–Trinajstić information content (AvgIpc) is 3.51. The minimum Gasteiger partial charge on any atom is -0.367 e. The highest BCUT2D eigenvalue weighted by Gasteiger charge is 2.29. The van der Waals surface area contributed by atoms with Gasteiger partial charge in [-0.2, -0.15) is 13.2 Å². The molecule has 1 aliphatic rings. The third-order valence-electron chi connectivity index (χ3n) is 4.35. The summed E-state index contributed by atoms with van der Waals surface area (Å²) < 4.78 is 40.8. The quantitative estimate of drug-likeness (QED) is 0.695. The normalized spacial score (nSPS) is 13.8. The van der Waals surface area contributed by atoms with E-state index in [0.29, 0.717) is 16.8 Å². The van der Waals surface area contributed by atoms with Gasteiger partial charge in [-0.25, -0.2) is 0 Å². The summed E-state index contributed by atoms with van der Waals surface area (Å²) >= 11 is 0. The molecule has 0 spiro atoms. The first-order chi connectivity index (χ1) is 13.8. The van der Waals surface area contributed by atoms with Crippen molar-refractivity contribution in [3.63, 3.8) is 0 Å². The number of carbonyl (C=O) groups excluding carboxylic acids is 2. The topological polar surface area (TPSA) is 67.4 Å². The molecular formula is C21H21F3N2O3. The first-order valence-electron chi connectivity index (χ1n) is 9.21. The second-order valence-corrected chi connectivity index (χ2v) is 6.95. The molecule has 3 rings (SSSR count). The molecular weight excluding hydrogens is 385 g/mol. The molecule has 0 aliphatic heterocycles. The molecule has 0 unspecified atom stereocenters. The molecule has 2 amide bonds. The van der Waals surface area contributed by atoms with Crippen molar-refractivity contribution in [2.45, 2.75) is 32.2 Å². The van der Waals surface area contributed by atoms with E-state index in [1.165, 1.54) is 12.1 Å². The van der Waals surface area contributed by atoms with Gasteiger partial charge in [0.05, 0.1) is 6.61 Å². The Labute approximate surface area is 166 Å². The Morgan fingerprint density at radius 2 is 1.76 bits per heavy atom. The van der Waals surface area contributed by atoms with Crippen LogP contribution in [0.3, 0.4) is 0 Å². The van der Waals surface area contributed by atoms with Gasteiger partial charge in [0, 0.05) is 23.7 Å². The Morgan fingerprint density at radius 1 is 1.03 bits per heavy atom. The van der Waals surface area contributed by atoms with Crippen LogP contribution in [0.15, 0.2) is 48.5 Å². The Kier molecular flexibility index (Phi) is 6.53. The predicted molar refractivity (Wildman–Crippen MR) is 101 cm³/mol. The largest absolute Gasteiger partial charge is 0.411 e. The van der Waals surface area contributed by atoms with Crippen molar-refractivity contribution in [3.05, 3.63) is 65.2 Å². The van der Waals surface area contributed by atoms with Crippen LogP contribution in [0.25, 0.3) is 0 Å². The highest BCUT2D eigenvalue weighted by molar-refractivity contribution is 5.95. The van der Waals surface area contributed by atoms with Crippen molar-refractivity contribution < 1.29 is 27.5 Å². The van der Waals surface area contributed by atoms with E-state index in [0.717, 1.165) is 18.4 Å². The fourth-order valence-electron chi connectivity index (χ4n) is 2.67. The van der Waals surface area contributed by atoms with E-state index >= 15 is 0 Å². The summed E-state index contributed by atoms with van der Waals surface area (Å²) in [6, 6.07) is 13.4. The van der Waals surface area contributed by atoms with Gasteiger partial charge in [0.2, 0.25) is 5.91 Å².